The zero-order chi connectivity index (χ0) is 15.6. The minimum atomic E-state index is -0.453. The molecule has 0 aromatic heterocycles. The highest BCUT2D eigenvalue weighted by Crippen LogP contribution is 2.24. The minimum absolute atomic E-state index is 0.0140. The quantitative estimate of drug-likeness (QED) is 0.683. The molecule has 2 rings (SSSR count). The zero-order valence-corrected chi connectivity index (χ0v) is 12.4. The first-order valence-electron chi connectivity index (χ1n) is 7.18. The van der Waals surface area contributed by atoms with Crippen LogP contribution in [0.3, 0.4) is 0 Å². The molecule has 0 heterocycles. The minimum Gasteiger partial charge on any atom is -0.339 e. The number of carbonyl (C=O) groups excluding carboxylic acids is 1. The molecule has 1 aliphatic rings. The fourth-order valence-electron chi connectivity index (χ4n) is 2.80. The van der Waals surface area contributed by atoms with Gasteiger partial charge in [-0.05, 0) is 38.7 Å². The summed E-state index contributed by atoms with van der Waals surface area (Å²) in [6.45, 7) is 1.67. The third-order valence-electron chi connectivity index (χ3n) is 4.26. The second-order valence-corrected chi connectivity index (χ2v) is 5.74. The molecular weight excluding hydrogens is 270 g/mol. The van der Waals surface area contributed by atoms with Gasteiger partial charge in [-0.15, -0.1) is 0 Å². The molecule has 0 bridgehead atoms. The number of carbonyl (C=O) groups is 1. The molecule has 6 heteroatoms. The highest BCUT2D eigenvalue weighted by atomic mass is 16.6. The van der Waals surface area contributed by atoms with Gasteiger partial charge in [0.1, 0.15) is 0 Å². The van der Waals surface area contributed by atoms with E-state index >= 15 is 0 Å². The molecule has 1 fully saturated rings. The van der Waals surface area contributed by atoms with E-state index in [2.05, 4.69) is 0 Å². The van der Waals surface area contributed by atoms with Crippen molar-refractivity contribution in [2.45, 2.75) is 44.7 Å². The first-order valence-corrected chi connectivity index (χ1v) is 7.18. The number of hydrogen-bond donors (Lipinski definition) is 1. The van der Waals surface area contributed by atoms with Gasteiger partial charge in [-0.25, -0.2) is 0 Å². The molecule has 0 unspecified atom stereocenters. The molecule has 6 nitrogen and oxygen atoms in total. The zero-order valence-electron chi connectivity index (χ0n) is 12.4. The maximum Gasteiger partial charge on any atom is 0.273 e. The summed E-state index contributed by atoms with van der Waals surface area (Å²) < 4.78 is 0. The van der Waals surface area contributed by atoms with Crippen molar-refractivity contribution in [1.29, 1.82) is 0 Å². The number of hydrogen-bond acceptors (Lipinski definition) is 4. The van der Waals surface area contributed by atoms with Crippen molar-refractivity contribution in [2.24, 2.45) is 5.73 Å². The summed E-state index contributed by atoms with van der Waals surface area (Å²) in [5.74, 6) is -0.168. The second kappa shape index (κ2) is 6.22. The summed E-state index contributed by atoms with van der Waals surface area (Å²) >= 11 is 0. The van der Waals surface area contributed by atoms with Crippen LogP contribution < -0.4 is 5.73 Å². The van der Waals surface area contributed by atoms with Gasteiger partial charge in [0.05, 0.1) is 4.92 Å². The Bertz CT molecular complexity index is 551. The number of rotatable bonds is 3. The van der Waals surface area contributed by atoms with Crippen LogP contribution >= 0.6 is 0 Å². The Morgan fingerprint density at radius 1 is 1.33 bits per heavy atom. The van der Waals surface area contributed by atoms with Crippen LogP contribution in [0, 0.1) is 17.0 Å². The molecule has 1 aliphatic carbocycles. The second-order valence-electron chi connectivity index (χ2n) is 5.74. The van der Waals surface area contributed by atoms with Gasteiger partial charge < -0.3 is 10.6 Å². The lowest BCUT2D eigenvalue weighted by Gasteiger charge is -2.33. The number of nitrogens with zero attached hydrogens (tertiary/aromatic N) is 2. The summed E-state index contributed by atoms with van der Waals surface area (Å²) in [5, 5.41) is 11.0. The monoisotopic (exact) mass is 291 g/mol. The SMILES string of the molecule is Cc1ccc(C(=O)N(C)C2CCC(N)CC2)cc1[N+](=O)[O-]. The van der Waals surface area contributed by atoms with Crippen LogP contribution in [0.4, 0.5) is 5.69 Å². The van der Waals surface area contributed by atoms with Gasteiger partial charge in [-0.2, -0.15) is 0 Å². The molecular formula is C15H21N3O3. The fourth-order valence-corrected chi connectivity index (χ4v) is 2.80. The van der Waals surface area contributed by atoms with Crippen molar-refractivity contribution in [3.05, 3.63) is 39.4 Å². The van der Waals surface area contributed by atoms with E-state index in [-0.39, 0.29) is 23.7 Å². The smallest absolute Gasteiger partial charge is 0.273 e. The lowest BCUT2D eigenvalue weighted by Crippen LogP contribution is -2.41. The Labute approximate surface area is 124 Å². The van der Waals surface area contributed by atoms with Crippen molar-refractivity contribution < 1.29 is 9.72 Å². The molecule has 0 radical (unpaired) electrons. The summed E-state index contributed by atoms with van der Waals surface area (Å²) in [6.07, 6.45) is 3.60. The molecule has 21 heavy (non-hydrogen) atoms. The number of amides is 1. The number of nitrogens with two attached hydrogens (primary N) is 1. The van der Waals surface area contributed by atoms with E-state index in [1.807, 2.05) is 0 Å². The topological polar surface area (TPSA) is 89.5 Å². The largest absolute Gasteiger partial charge is 0.339 e. The number of aryl methyl sites for hydroxylation is 1. The third-order valence-corrected chi connectivity index (χ3v) is 4.26. The van der Waals surface area contributed by atoms with Crippen molar-refractivity contribution >= 4 is 11.6 Å². The molecule has 1 amide bonds. The van der Waals surface area contributed by atoms with Crippen molar-refractivity contribution in [2.75, 3.05) is 7.05 Å². The fraction of sp³-hybridized carbons (Fsp3) is 0.533. The van der Waals surface area contributed by atoms with Gasteiger partial charge in [0, 0.05) is 36.3 Å². The summed E-state index contributed by atoms with van der Waals surface area (Å²) in [5.41, 5.74) is 6.79. The van der Waals surface area contributed by atoms with E-state index in [1.54, 1.807) is 31.0 Å². The maximum atomic E-state index is 12.5. The van der Waals surface area contributed by atoms with Crippen LogP contribution in [-0.4, -0.2) is 34.9 Å². The molecule has 1 aromatic carbocycles. The predicted molar refractivity (Wildman–Crippen MR) is 80.2 cm³/mol. The number of nitro benzene ring substituents is 1. The summed E-state index contributed by atoms with van der Waals surface area (Å²) in [6, 6.07) is 5.02. The molecule has 114 valence electrons. The van der Waals surface area contributed by atoms with Gasteiger partial charge in [0.15, 0.2) is 0 Å². The highest BCUT2D eigenvalue weighted by molar-refractivity contribution is 5.95. The van der Waals surface area contributed by atoms with Crippen LogP contribution in [0.2, 0.25) is 0 Å². The van der Waals surface area contributed by atoms with E-state index in [9.17, 15) is 14.9 Å². The first-order chi connectivity index (χ1) is 9.90. The van der Waals surface area contributed by atoms with Gasteiger partial charge in [0.2, 0.25) is 0 Å². The Kier molecular flexibility index (Phi) is 4.57. The lowest BCUT2D eigenvalue weighted by molar-refractivity contribution is -0.385. The highest BCUT2D eigenvalue weighted by Gasteiger charge is 2.26. The van der Waals surface area contributed by atoms with Crippen molar-refractivity contribution in [1.82, 2.24) is 4.90 Å². The molecule has 0 spiro atoms. The van der Waals surface area contributed by atoms with Gasteiger partial charge in [-0.3, -0.25) is 14.9 Å². The maximum absolute atomic E-state index is 12.5. The summed E-state index contributed by atoms with van der Waals surface area (Å²) in [7, 11) is 1.76. The van der Waals surface area contributed by atoms with Crippen molar-refractivity contribution in [3.63, 3.8) is 0 Å². The number of benzene rings is 1. The van der Waals surface area contributed by atoms with E-state index in [1.165, 1.54) is 6.07 Å². The average molecular weight is 291 g/mol. The van der Waals surface area contributed by atoms with Crippen LogP contribution in [-0.2, 0) is 0 Å². The van der Waals surface area contributed by atoms with E-state index in [4.69, 9.17) is 5.73 Å². The van der Waals surface area contributed by atoms with Gasteiger partial charge in [0.25, 0.3) is 11.6 Å². The standard InChI is InChI=1S/C15H21N3O3/c1-10-3-4-11(9-14(10)18(20)21)15(19)17(2)13-7-5-12(16)6-8-13/h3-4,9,12-13H,5-8,16H2,1-2H3. The van der Waals surface area contributed by atoms with Crippen LogP contribution in [0.1, 0.15) is 41.6 Å². The number of nitro groups is 1. The molecule has 1 saturated carbocycles. The van der Waals surface area contributed by atoms with E-state index in [0.717, 1.165) is 25.7 Å². The van der Waals surface area contributed by atoms with Gasteiger partial charge >= 0.3 is 0 Å². The normalized spacial score (nSPS) is 21.9. The molecule has 2 N–H and O–H groups in total. The van der Waals surface area contributed by atoms with Crippen LogP contribution in [0.15, 0.2) is 18.2 Å². The predicted octanol–water partition coefficient (Wildman–Crippen LogP) is 2.25. The Balaban J connectivity index is 2.16. The van der Waals surface area contributed by atoms with Crippen LogP contribution in [0.5, 0.6) is 0 Å². The third kappa shape index (κ3) is 3.39. The Morgan fingerprint density at radius 3 is 2.52 bits per heavy atom. The van der Waals surface area contributed by atoms with Gasteiger partial charge in [-0.1, -0.05) is 6.07 Å². The Morgan fingerprint density at radius 2 is 1.95 bits per heavy atom. The molecule has 0 saturated heterocycles. The summed E-state index contributed by atoms with van der Waals surface area (Å²) in [4.78, 5) is 24.7. The molecule has 1 aromatic rings. The average Bonchev–Trinajstić information content (AvgIpc) is 2.46. The first kappa shape index (κ1) is 15.4. The van der Waals surface area contributed by atoms with E-state index in [0.29, 0.717) is 11.1 Å². The molecule has 0 atom stereocenters. The van der Waals surface area contributed by atoms with Crippen LogP contribution in [0.25, 0.3) is 0 Å². The lowest BCUT2D eigenvalue weighted by atomic mass is 9.90. The Hall–Kier alpha value is -1.95. The van der Waals surface area contributed by atoms with Crippen molar-refractivity contribution in [3.8, 4) is 0 Å². The molecule has 0 aliphatic heterocycles. The van der Waals surface area contributed by atoms with E-state index < -0.39 is 4.92 Å².